The molecule has 1 aliphatic rings. The molecule has 1 atom stereocenters. The van der Waals surface area contributed by atoms with Crippen molar-refractivity contribution in [1.29, 1.82) is 0 Å². The van der Waals surface area contributed by atoms with Gasteiger partial charge in [-0.05, 0) is 36.4 Å². The second-order valence-electron chi connectivity index (χ2n) is 7.14. The Labute approximate surface area is 162 Å². The van der Waals surface area contributed by atoms with E-state index >= 15 is 0 Å². The minimum absolute atomic E-state index is 0.243. The standard InChI is InChI=1S/C24H25NOP/c1-27(22-13-7-3-8-14-22,23-15-9-4-10-16-23)18-17-21-19-26-24(25-21)20-11-5-2-6-12-20/h2-16,21H,17-19H2,1H3/q+1. The smallest absolute Gasteiger partial charge is 0.216 e. The fraction of sp³-hybridized carbons (Fsp3) is 0.208. The molecule has 0 N–H and O–H groups in total. The molecular weight excluding hydrogens is 349 g/mol. The van der Waals surface area contributed by atoms with Crippen LogP contribution in [0.4, 0.5) is 0 Å². The molecule has 0 aliphatic carbocycles. The third-order valence-corrected chi connectivity index (χ3v) is 9.32. The van der Waals surface area contributed by atoms with Gasteiger partial charge in [-0.25, -0.2) is 4.99 Å². The third kappa shape index (κ3) is 3.96. The van der Waals surface area contributed by atoms with Gasteiger partial charge < -0.3 is 4.74 Å². The average Bonchev–Trinajstić information content (AvgIpc) is 3.23. The maximum atomic E-state index is 5.89. The minimum Gasteiger partial charge on any atom is -0.475 e. The number of benzene rings is 3. The van der Waals surface area contributed by atoms with Crippen molar-refractivity contribution in [2.24, 2.45) is 4.99 Å². The van der Waals surface area contributed by atoms with Crippen LogP contribution in [0.25, 0.3) is 0 Å². The van der Waals surface area contributed by atoms with Crippen LogP contribution in [-0.2, 0) is 4.74 Å². The van der Waals surface area contributed by atoms with E-state index in [1.54, 1.807) is 0 Å². The number of nitrogens with zero attached hydrogens (tertiary/aromatic N) is 1. The van der Waals surface area contributed by atoms with Crippen LogP contribution in [0.1, 0.15) is 12.0 Å². The lowest BCUT2D eigenvalue weighted by Gasteiger charge is -2.23. The summed E-state index contributed by atoms with van der Waals surface area (Å²) in [6.07, 6.45) is 2.19. The van der Waals surface area contributed by atoms with Crippen LogP contribution in [-0.4, -0.2) is 31.4 Å². The molecule has 4 rings (SSSR count). The van der Waals surface area contributed by atoms with Crippen molar-refractivity contribution in [3.8, 4) is 0 Å². The van der Waals surface area contributed by atoms with E-state index in [2.05, 4.69) is 79.5 Å². The Morgan fingerprint density at radius 2 is 1.33 bits per heavy atom. The molecule has 3 heteroatoms. The van der Waals surface area contributed by atoms with Crippen molar-refractivity contribution in [2.75, 3.05) is 19.4 Å². The molecule has 136 valence electrons. The zero-order valence-corrected chi connectivity index (χ0v) is 16.6. The Hall–Kier alpha value is -2.44. The minimum atomic E-state index is -1.44. The Balaban J connectivity index is 1.54. The number of aliphatic imine (C=N–C) groups is 1. The normalized spacial score (nSPS) is 16.6. The van der Waals surface area contributed by atoms with Crippen molar-refractivity contribution in [3.05, 3.63) is 96.6 Å². The van der Waals surface area contributed by atoms with E-state index in [0.29, 0.717) is 6.61 Å². The van der Waals surface area contributed by atoms with Crippen LogP contribution in [0, 0.1) is 0 Å². The van der Waals surface area contributed by atoms with Gasteiger partial charge in [0, 0.05) is 12.0 Å². The summed E-state index contributed by atoms with van der Waals surface area (Å²) >= 11 is 0. The van der Waals surface area contributed by atoms with Gasteiger partial charge >= 0.3 is 0 Å². The zero-order valence-electron chi connectivity index (χ0n) is 15.7. The van der Waals surface area contributed by atoms with Gasteiger partial charge in [0.25, 0.3) is 0 Å². The summed E-state index contributed by atoms with van der Waals surface area (Å²) in [4.78, 5) is 4.86. The monoisotopic (exact) mass is 374 g/mol. The number of ether oxygens (including phenoxy) is 1. The van der Waals surface area contributed by atoms with Crippen LogP contribution in [0.2, 0.25) is 0 Å². The van der Waals surface area contributed by atoms with E-state index in [0.717, 1.165) is 24.0 Å². The van der Waals surface area contributed by atoms with Gasteiger partial charge in [-0.2, -0.15) is 0 Å². The molecule has 1 unspecified atom stereocenters. The molecule has 27 heavy (non-hydrogen) atoms. The van der Waals surface area contributed by atoms with Gasteiger partial charge in [0.1, 0.15) is 6.61 Å². The topological polar surface area (TPSA) is 21.6 Å². The predicted molar refractivity (Wildman–Crippen MR) is 117 cm³/mol. The highest BCUT2D eigenvalue weighted by Gasteiger charge is 2.38. The summed E-state index contributed by atoms with van der Waals surface area (Å²) in [5, 5.41) is 2.92. The van der Waals surface area contributed by atoms with Crippen LogP contribution in [0.3, 0.4) is 0 Å². The van der Waals surface area contributed by atoms with Crippen LogP contribution < -0.4 is 10.6 Å². The number of hydrogen-bond acceptors (Lipinski definition) is 2. The molecule has 0 spiro atoms. The Bertz CT molecular complexity index is 854. The summed E-state index contributed by atoms with van der Waals surface area (Å²) in [5.41, 5.74) is 1.07. The van der Waals surface area contributed by atoms with E-state index in [1.165, 1.54) is 10.6 Å². The summed E-state index contributed by atoms with van der Waals surface area (Å²) < 4.78 is 5.89. The molecule has 0 saturated heterocycles. The van der Waals surface area contributed by atoms with E-state index < -0.39 is 7.26 Å². The lowest BCUT2D eigenvalue weighted by Crippen LogP contribution is -2.25. The summed E-state index contributed by atoms with van der Waals surface area (Å²) in [5.74, 6) is 0.792. The van der Waals surface area contributed by atoms with Crippen molar-refractivity contribution >= 4 is 23.8 Å². The highest BCUT2D eigenvalue weighted by atomic mass is 31.2. The first-order valence-corrected chi connectivity index (χ1v) is 11.9. The van der Waals surface area contributed by atoms with Crippen molar-refractivity contribution in [2.45, 2.75) is 12.5 Å². The Morgan fingerprint density at radius 3 is 1.89 bits per heavy atom. The molecule has 0 bridgehead atoms. The highest BCUT2D eigenvalue weighted by Crippen LogP contribution is 2.53. The molecule has 3 aromatic rings. The SMILES string of the molecule is C[P+](CCC1COC(c2ccccc2)=N1)(c1ccccc1)c1ccccc1. The van der Waals surface area contributed by atoms with Crippen molar-refractivity contribution in [3.63, 3.8) is 0 Å². The van der Waals surface area contributed by atoms with E-state index in [9.17, 15) is 0 Å². The molecule has 1 aliphatic heterocycles. The molecule has 0 amide bonds. The first kappa shape index (κ1) is 17.9. The first-order chi connectivity index (χ1) is 13.3. The molecule has 2 nitrogen and oxygen atoms in total. The summed E-state index contributed by atoms with van der Waals surface area (Å²) in [6.45, 7) is 3.14. The van der Waals surface area contributed by atoms with Crippen LogP contribution in [0.15, 0.2) is 96.0 Å². The Kier molecular flexibility index (Phi) is 5.36. The van der Waals surface area contributed by atoms with Crippen LogP contribution in [0.5, 0.6) is 0 Å². The molecule has 0 aromatic heterocycles. The fourth-order valence-electron chi connectivity index (χ4n) is 3.63. The van der Waals surface area contributed by atoms with Gasteiger partial charge in [0.15, 0.2) is 0 Å². The molecule has 1 heterocycles. The van der Waals surface area contributed by atoms with Crippen molar-refractivity contribution < 1.29 is 4.74 Å². The molecule has 0 radical (unpaired) electrons. The molecule has 3 aromatic carbocycles. The van der Waals surface area contributed by atoms with Gasteiger partial charge in [-0.3, -0.25) is 0 Å². The fourth-order valence-corrected chi connectivity index (χ4v) is 6.92. The maximum Gasteiger partial charge on any atom is 0.216 e. The predicted octanol–water partition coefficient (Wildman–Crippen LogP) is 4.52. The summed E-state index contributed by atoms with van der Waals surface area (Å²) in [6, 6.07) is 32.4. The largest absolute Gasteiger partial charge is 0.475 e. The van der Waals surface area contributed by atoms with Crippen LogP contribution >= 0.6 is 7.26 Å². The van der Waals surface area contributed by atoms with Gasteiger partial charge in [-0.1, -0.05) is 54.6 Å². The first-order valence-electron chi connectivity index (χ1n) is 9.48. The van der Waals surface area contributed by atoms with Gasteiger partial charge in [-0.15, -0.1) is 0 Å². The van der Waals surface area contributed by atoms with E-state index in [1.807, 2.05) is 18.2 Å². The number of hydrogen-bond donors (Lipinski definition) is 0. The van der Waals surface area contributed by atoms with Crippen molar-refractivity contribution in [1.82, 2.24) is 0 Å². The van der Waals surface area contributed by atoms with E-state index in [4.69, 9.17) is 9.73 Å². The summed E-state index contributed by atoms with van der Waals surface area (Å²) in [7, 11) is -1.44. The molecule has 0 saturated carbocycles. The third-order valence-electron chi connectivity index (χ3n) is 5.29. The lowest BCUT2D eigenvalue weighted by molar-refractivity contribution is 0.315. The van der Waals surface area contributed by atoms with E-state index in [-0.39, 0.29) is 6.04 Å². The second kappa shape index (κ2) is 8.06. The highest BCUT2D eigenvalue weighted by molar-refractivity contribution is 7.88. The zero-order chi connectivity index (χ0) is 18.5. The quantitative estimate of drug-likeness (QED) is 0.582. The number of rotatable bonds is 6. The lowest BCUT2D eigenvalue weighted by atomic mass is 10.2. The van der Waals surface area contributed by atoms with Gasteiger partial charge in [0.05, 0.1) is 36.7 Å². The average molecular weight is 374 g/mol. The molecule has 0 fully saturated rings. The second-order valence-corrected chi connectivity index (χ2v) is 11.0. The Morgan fingerprint density at radius 1 is 0.815 bits per heavy atom. The molecular formula is C24H25NOP+. The maximum absolute atomic E-state index is 5.89. The van der Waals surface area contributed by atoms with Gasteiger partial charge in [0.2, 0.25) is 5.90 Å².